The molecule has 0 saturated carbocycles. The number of furan rings is 1. The molecule has 0 fully saturated rings. The first-order valence-corrected chi connectivity index (χ1v) is 6.16. The fraction of sp³-hybridized carbons (Fsp3) is 0.0667. The van der Waals surface area contributed by atoms with Crippen LogP contribution >= 0.6 is 11.6 Å². The maximum atomic E-state index is 10.8. The first-order valence-electron chi connectivity index (χ1n) is 5.79. The Bertz CT molecular complexity index is 777. The van der Waals surface area contributed by atoms with Crippen LogP contribution in [0.15, 0.2) is 41.1 Å². The second-order valence-corrected chi connectivity index (χ2v) is 4.69. The Hall–Kier alpha value is -2.13. The Kier molecular flexibility index (Phi) is 2.84. The number of rotatable bonds is 2. The lowest BCUT2D eigenvalue weighted by molar-refractivity contribution is 0.110. The number of aromatic nitrogens is 1. The summed E-state index contributed by atoms with van der Waals surface area (Å²) in [5.74, 6) is 0.295. The van der Waals surface area contributed by atoms with Crippen LogP contribution < -0.4 is 0 Å². The Balaban J connectivity index is 2.33. The molecule has 1 aromatic carbocycles. The maximum Gasteiger partial charge on any atom is 0.185 e. The summed E-state index contributed by atoms with van der Waals surface area (Å²) in [6.45, 7) is 1.94. The standard InChI is InChI=1S/C15H10ClNO2/c1-9-12(3-2-4-14(9)16)13-7-17-6-10-5-11(8-18)19-15(10)13/h2-8H,1H3. The summed E-state index contributed by atoms with van der Waals surface area (Å²) in [6.07, 6.45) is 4.09. The van der Waals surface area contributed by atoms with Crippen LogP contribution in [-0.4, -0.2) is 11.3 Å². The molecule has 0 amide bonds. The topological polar surface area (TPSA) is 43.1 Å². The van der Waals surface area contributed by atoms with Crippen molar-refractivity contribution in [2.75, 3.05) is 0 Å². The minimum atomic E-state index is 0.295. The molecule has 0 radical (unpaired) electrons. The molecule has 4 heteroatoms. The van der Waals surface area contributed by atoms with E-state index in [4.69, 9.17) is 16.0 Å². The van der Waals surface area contributed by atoms with Crippen LogP contribution in [0.4, 0.5) is 0 Å². The number of halogens is 1. The van der Waals surface area contributed by atoms with E-state index < -0.39 is 0 Å². The van der Waals surface area contributed by atoms with E-state index in [1.54, 1.807) is 18.5 Å². The molecule has 0 saturated heterocycles. The molecule has 94 valence electrons. The van der Waals surface area contributed by atoms with Crippen LogP contribution in [0.3, 0.4) is 0 Å². The van der Waals surface area contributed by atoms with Crippen molar-refractivity contribution >= 4 is 28.9 Å². The van der Waals surface area contributed by atoms with E-state index in [0.717, 1.165) is 22.1 Å². The molecule has 0 atom stereocenters. The molecule has 19 heavy (non-hydrogen) atoms. The maximum absolute atomic E-state index is 10.8. The number of hydrogen-bond acceptors (Lipinski definition) is 3. The highest BCUT2D eigenvalue weighted by atomic mass is 35.5. The number of hydrogen-bond donors (Lipinski definition) is 0. The summed E-state index contributed by atoms with van der Waals surface area (Å²) in [6, 6.07) is 7.36. The van der Waals surface area contributed by atoms with E-state index in [2.05, 4.69) is 4.98 Å². The van der Waals surface area contributed by atoms with Crippen LogP contribution in [-0.2, 0) is 0 Å². The van der Waals surface area contributed by atoms with Crippen molar-refractivity contribution in [2.24, 2.45) is 0 Å². The van der Waals surface area contributed by atoms with E-state index in [9.17, 15) is 4.79 Å². The first kappa shape index (κ1) is 11.9. The van der Waals surface area contributed by atoms with E-state index in [1.165, 1.54) is 0 Å². The van der Waals surface area contributed by atoms with E-state index >= 15 is 0 Å². The van der Waals surface area contributed by atoms with Crippen LogP contribution in [0.5, 0.6) is 0 Å². The van der Waals surface area contributed by atoms with Crippen molar-refractivity contribution in [2.45, 2.75) is 6.92 Å². The quantitative estimate of drug-likeness (QED) is 0.654. The smallest absolute Gasteiger partial charge is 0.185 e. The lowest BCUT2D eigenvalue weighted by Gasteiger charge is -2.07. The van der Waals surface area contributed by atoms with Gasteiger partial charge in [-0.25, -0.2) is 0 Å². The lowest BCUT2D eigenvalue weighted by Crippen LogP contribution is -1.86. The Morgan fingerprint density at radius 2 is 2.11 bits per heavy atom. The van der Waals surface area contributed by atoms with Crippen LogP contribution in [0.1, 0.15) is 16.1 Å². The molecule has 0 unspecified atom stereocenters. The molecule has 0 aliphatic heterocycles. The Morgan fingerprint density at radius 3 is 2.89 bits per heavy atom. The van der Waals surface area contributed by atoms with Gasteiger partial charge in [0.15, 0.2) is 12.0 Å². The van der Waals surface area contributed by atoms with Gasteiger partial charge in [-0.3, -0.25) is 9.78 Å². The largest absolute Gasteiger partial charge is 0.453 e. The van der Waals surface area contributed by atoms with Gasteiger partial charge >= 0.3 is 0 Å². The van der Waals surface area contributed by atoms with Crippen molar-refractivity contribution in [1.82, 2.24) is 4.98 Å². The van der Waals surface area contributed by atoms with Gasteiger partial charge in [-0.1, -0.05) is 23.7 Å². The molecular formula is C15H10ClNO2. The Labute approximate surface area is 114 Å². The zero-order valence-corrected chi connectivity index (χ0v) is 10.9. The number of pyridine rings is 1. The minimum absolute atomic E-state index is 0.295. The third-order valence-electron chi connectivity index (χ3n) is 3.12. The third kappa shape index (κ3) is 1.92. The highest BCUT2D eigenvalue weighted by Gasteiger charge is 2.13. The summed E-state index contributed by atoms with van der Waals surface area (Å²) >= 11 is 6.14. The SMILES string of the molecule is Cc1c(Cl)cccc1-c1cncc2cc(C=O)oc12. The average molecular weight is 272 g/mol. The third-order valence-corrected chi connectivity index (χ3v) is 3.53. The molecule has 3 aromatic rings. The van der Waals surface area contributed by atoms with Crippen molar-refractivity contribution in [3.8, 4) is 11.1 Å². The second-order valence-electron chi connectivity index (χ2n) is 4.28. The van der Waals surface area contributed by atoms with Gasteiger partial charge in [0.25, 0.3) is 0 Å². The minimum Gasteiger partial charge on any atom is -0.453 e. The summed E-state index contributed by atoms with van der Waals surface area (Å²) in [5, 5.41) is 1.50. The second kappa shape index (κ2) is 4.52. The summed E-state index contributed by atoms with van der Waals surface area (Å²) in [4.78, 5) is 15.0. The lowest BCUT2D eigenvalue weighted by atomic mass is 10.0. The predicted octanol–water partition coefficient (Wildman–Crippen LogP) is 4.27. The highest BCUT2D eigenvalue weighted by molar-refractivity contribution is 6.31. The first-order chi connectivity index (χ1) is 9.20. The molecule has 0 N–H and O–H groups in total. The molecule has 0 aliphatic rings. The monoisotopic (exact) mass is 271 g/mol. The van der Waals surface area contributed by atoms with Gasteiger partial charge in [-0.2, -0.15) is 0 Å². The zero-order chi connectivity index (χ0) is 13.4. The fourth-order valence-corrected chi connectivity index (χ4v) is 2.31. The fourth-order valence-electron chi connectivity index (χ4n) is 2.13. The summed E-state index contributed by atoms with van der Waals surface area (Å²) in [5.41, 5.74) is 3.41. The van der Waals surface area contributed by atoms with Crippen molar-refractivity contribution in [1.29, 1.82) is 0 Å². The zero-order valence-electron chi connectivity index (χ0n) is 10.2. The molecule has 0 aliphatic carbocycles. The molecule has 3 rings (SSSR count). The van der Waals surface area contributed by atoms with Crippen molar-refractivity contribution in [3.05, 3.63) is 53.0 Å². The van der Waals surface area contributed by atoms with Crippen LogP contribution in [0.2, 0.25) is 5.02 Å². The number of fused-ring (bicyclic) bond motifs is 1. The van der Waals surface area contributed by atoms with Crippen molar-refractivity contribution < 1.29 is 9.21 Å². The molecule has 3 nitrogen and oxygen atoms in total. The molecule has 2 heterocycles. The Morgan fingerprint density at radius 1 is 1.26 bits per heavy atom. The normalized spacial score (nSPS) is 10.8. The molecule has 0 bridgehead atoms. The predicted molar refractivity (Wildman–Crippen MR) is 74.6 cm³/mol. The number of benzene rings is 1. The number of nitrogens with zero attached hydrogens (tertiary/aromatic N) is 1. The van der Waals surface area contributed by atoms with Gasteiger partial charge in [0.2, 0.25) is 0 Å². The summed E-state index contributed by atoms with van der Waals surface area (Å²) < 4.78 is 5.55. The van der Waals surface area contributed by atoms with E-state index in [1.807, 2.05) is 25.1 Å². The van der Waals surface area contributed by atoms with Gasteiger partial charge in [0.1, 0.15) is 5.58 Å². The van der Waals surface area contributed by atoms with E-state index in [0.29, 0.717) is 22.7 Å². The van der Waals surface area contributed by atoms with Gasteiger partial charge in [0, 0.05) is 28.4 Å². The highest BCUT2D eigenvalue weighted by Crippen LogP contribution is 2.33. The van der Waals surface area contributed by atoms with Crippen LogP contribution in [0.25, 0.3) is 22.1 Å². The van der Waals surface area contributed by atoms with E-state index in [-0.39, 0.29) is 0 Å². The van der Waals surface area contributed by atoms with Gasteiger partial charge < -0.3 is 4.42 Å². The average Bonchev–Trinajstić information content (AvgIpc) is 2.85. The number of carbonyl (C=O) groups excluding carboxylic acids is 1. The molecule has 0 spiro atoms. The van der Waals surface area contributed by atoms with Gasteiger partial charge in [-0.15, -0.1) is 0 Å². The van der Waals surface area contributed by atoms with Gasteiger partial charge in [-0.05, 0) is 30.2 Å². The molecular weight excluding hydrogens is 262 g/mol. The molecule has 2 aromatic heterocycles. The van der Waals surface area contributed by atoms with Crippen molar-refractivity contribution in [3.63, 3.8) is 0 Å². The summed E-state index contributed by atoms with van der Waals surface area (Å²) in [7, 11) is 0. The number of aldehydes is 1. The van der Waals surface area contributed by atoms with Gasteiger partial charge in [0.05, 0.1) is 0 Å². The number of carbonyl (C=O) groups is 1. The van der Waals surface area contributed by atoms with Crippen LogP contribution in [0, 0.1) is 6.92 Å².